The van der Waals surface area contributed by atoms with Crippen LogP contribution in [0.5, 0.6) is 11.5 Å². The second-order valence-electron chi connectivity index (χ2n) is 5.26. The van der Waals surface area contributed by atoms with Gasteiger partial charge in [-0.05, 0) is 12.1 Å². The number of hydrogen-bond acceptors (Lipinski definition) is 7. The molecule has 140 valence electrons. The molecule has 0 saturated heterocycles. The van der Waals surface area contributed by atoms with Gasteiger partial charge in [-0.15, -0.1) is 10.2 Å². The SMILES string of the molecule is Nn1c(SCC(=O)NCC(F)(F)F)nnc1[C@H]1COc2ccccc2O1. The summed E-state index contributed by atoms with van der Waals surface area (Å²) in [7, 11) is 0. The van der Waals surface area contributed by atoms with Crippen molar-refractivity contribution in [1.82, 2.24) is 20.2 Å². The summed E-state index contributed by atoms with van der Waals surface area (Å²) in [6.45, 7) is -1.22. The average molecular weight is 389 g/mol. The maximum Gasteiger partial charge on any atom is 0.405 e. The van der Waals surface area contributed by atoms with E-state index in [0.717, 1.165) is 16.4 Å². The number of hydrogen-bond donors (Lipinski definition) is 2. The number of nitrogens with one attached hydrogen (secondary N) is 1. The summed E-state index contributed by atoms with van der Waals surface area (Å²) in [6, 6.07) is 7.10. The molecule has 0 fully saturated rings. The van der Waals surface area contributed by atoms with E-state index < -0.39 is 24.7 Å². The van der Waals surface area contributed by atoms with E-state index in [2.05, 4.69) is 10.2 Å². The highest BCUT2D eigenvalue weighted by Gasteiger charge is 2.29. The first-order valence-corrected chi connectivity index (χ1v) is 8.37. The van der Waals surface area contributed by atoms with Gasteiger partial charge >= 0.3 is 6.18 Å². The molecule has 3 N–H and O–H groups in total. The van der Waals surface area contributed by atoms with Gasteiger partial charge in [0.05, 0.1) is 5.75 Å². The van der Waals surface area contributed by atoms with Crippen molar-refractivity contribution in [2.24, 2.45) is 0 Å². The van der Waals surface area contributed by atoms with E-state index in [1.807, 2.05) is 6.07 Å². The van der Waals surface area contributed by atoms with Crippen LogP contribution in [0.15, 0.2) is 29.4 Å². The lowest BCUT2D eigenvalue weighted by molar-refractivity contribution is -0.136. The highest BCUT2D eigenvalue weighted by molar-refractivity contribution is 7.99. The van der Waals surface area contributed by atoms with Crippen LogP contribution in [0.1, 0.15) is 11.9 Å². The van der Waals surface area contributed by atoms with Crippen LogP contribution in [0.3, 0.4) is 0 Å². The summed E-state index contributed by atoms with van der Waals surface area (Å²) in [4.78, 5) is 11.4. The van der Waals surface area contributed by atoms with Crippen LogP contribution in [0, 0.1) is 0 Å². The van der Waals surface area contributed by atoms with E-state index >= 15 is 0 Å². The van der Waals surface area contributed by atoms with E-state index in [1.54, 1.807) is 23.5 Å². The van der Waals surface area contributed by atoms with Crippen molar-refractivity contribution in [3.05, 3.63) is 30.1 Å². The molecule has 0 spiro atoms. The molecular formula is C14H14F3N5O3S. The molecule has 0 radical (unpaired) electrons. The third kappa shape index (κ3) is 4.31. The van der Waals surface area contributed by atoms with E-state index in [-0.39, 0.29) is 23.3 Å². The Hall–Kier alpha value is -2.63. The number of rotatable bonds is 5. The number of carbonyl (C=O) groups excluding carboxylic acids is 1. The number of aromatic nitrogens is 3. The molecule has 1 atom stereocenters. The number of nitrogens with zero attached hydrogens (tertiary/aromatic N) is 3. The molecule has 0 bridgehead atoms. The largest absolute Gasteiger partial charge is 0.485 e. The molecule has 1 aliphatic heterocycles. The van der Waals surface area contributed by atoms with Gasteiger partial charge in [-0.1, -0.05) is 23.9 Å². The van der Waals surface area contributed by atoms with Gasteiger partial charge in [0.1, 0.15) is 13.2 Å². The van der Waals surface area contributed by atoms with Crippen LogP contribution in [0.4, 0.5) is 13.2 Å². The summed E-state index contributed by atoms with van der Waals surface area (Å²) in [5.74, 6) is 6.25. The highest BCUT2D eigenvalue weighted by atomic mass is 32.2. The molecule has 0 unspecified atom stereocenters. The quantitative estimate of drug-likeness (QED) is 0.586. The van der Waals surface area contributed by atoms with Crippen molar-refractivity contribution in [1.29, 1.82) is 0 Å². The third-order valence-corrected chi connectivity index (χ3v) is 4.25. The molecule has 2 aromatic rings. The second-order valence-corrected chi connectivity index (χ2v) is 6.20. The van der Waals surface area contributed by atoms with Gasteiger partial charge in [-0.2, -0.15) is 13.2 Å². The number of nitrogen functional groups attached to an aromatic ring is 1. The fourth-order valence-corrected chi connectivity index (χ4v) is 2.83. The fourth-order valence-electron chi connectivity index (χ4n) is 2.13. The molecule has 0 aliphatic carbocycles. The van der Waals surface area contributed by atoms with Crippen molar-refractivity contribution < 1.29 is 27.4 Å². The summed E-state index contributed by atoms with van der Waals surface area (Å²) in [5.41, 5.74) is 0. The van der Waals surface area contributed by atoms with Gasteiger partial charge in [-0.25, -0.2) is 4.68 Å². The normalized spacial score (nSPS) is 16.3. The zero-order chi connectivity index (χ0) is 18.7. The van der Waals surface area contributed by atoms with Gasteiger partial charge in [0.2, 0.25) is 11.1 Å². The first-order chi connectivity index (χ1) is 12.3. The predicted molar refractivity (Wildman–Crippen MR) is 85.3 cm³/mol. The lowest BCUT2D eigenvalue weighted by Crippen LogP contribution is -2.34. The Balaban J connectivity index is 1.59. The summed E-state index contributed by atoms with van der Waals surface area (Å²) < 4.78 is 48.7. The maximum atomic E-state index is 12.1. The Morgan fingerprint density at radius 1 is 1.35 bits per heavy atom. The first kappa shape index (κ1) is 18.2. The summed E-state index contributed by atoms with van der Waals surface area (Å²) >= 11 is 0.865. The number of alkyl halides is 3. The predicted octanol–water partition coefficient (Wildman–Crippen LogP) is 1.27. The van der Waals surface area contributed by atoms with Crippen LogP contribution in [-0.2, 0) is 4.79 Å². The van der Waals surface area contributed by atoms with Crippen LogP contribution >= 0.6 is 11.8 Å². The number of benzene rings is 1. The number of ether oxygens (including phenoxy) is 2. The lowest BCUT2D eigenvalue weighted by Gasteiger charge is -2.25. The Morgan fingerprint density at radius 2 is 2.08 bits per heavy atom. The number of amides is 1. The van der Waals surface area contributed by atoms with Crippen molar-refractivity contribution in [2.75, 3.05) is 24.7 Å². The van der Waals surface area contributed by atoms with Gasteiger partial charge in [-0.3, -0.25) is 4.79 Å². The number of fused-ring (bicyclic) bond motifs is 1. The molecular weight excluding hydrogens is 375 g/mol. The summed E-state index contributed by atoms with van der Waals surface area (Å²) in [6.07, 6.45) is -5.06. The van der Waals surface area contributed by atoms with Gasteiger partial charge in [0, 0.05) is 0 Å². The smallest absolute Gasteiger partial charge is 0.405 e. The van der Waals surface area contributed by atoms with E-state index in [1.165, 1.54) is 0 Å². The van der Waals surface area contributed by atoms with E-state index in [9.17, 15) is 18.0 Å². The Kier molecular flexibility index (Phi) is 5.11. The monoisotopic (exact) mass is 389 g/mol. The molecule has 1 amide bonds. The number of carbonyl (C=O) groups is 1. The Labute approximate surface area is 149 Å². The van der Waals surface area contributed by atoms with Crippen LogP contribution in [0.25, 0.3) is 0 Å². The minimum absolute atomic E-state index is 0.170. The number of nitrogens with two attached hydrogens (primary N) is 1. The number of halogens is 3. The molecule has 26 heavy (non-hydrogen) atoms. The van der Waals surface area contributed by atoms with E-state index in [0.29, 0.717) is 11.5 Å². The molecule has 12 heteroatoms. The molecule has 0 saturated carbocycles. The van der Waals surface area contributed by atoms with Crippen molar-refractivity contribution in [2.45, 2.75) is 17.4 Å². The Bertz CT molecular complexity index is 798. The van der Waals surface area contributed by atoms with Crippen LogP contribution < -0.4 is 20.6 Å². The first-order valence-electron chi connectivity index (χ1n) is 7.38. The van der Waals surface area contributed by atoms with Crippen molar-refractivity contribution in [3.8, 4) is 11.5 Å². The molecule has 3 rings (SSSR count). The molecule has 8 nitrogen and oxygen atoms in total. The maximum absolute atomic E-state index is 12.1. The Morgan fingerprint density at radius 3 is 2.81 bits per heavy atom. The minimum Gasteiger partial charge on any atom is -0.485 e. The fraction of sp³-hybridized carbons (Fsp3) is 0.357. The second kappa shape index (κ2) is 7.32. The van der Waals surface area contributed by atoms with Gasteiger partial charge in [0.25, 0.3) is 0 Å². The summed E-state index contributed by atoms with van der Waals surface area (Å²) in [5, 5.41) is 9.70. The molecule has 1 aromatic heterocycles. The standard InChI is InChI=1S/C14H14F3N5O3S/c15-14(16,17)7-19-11(23)6-26-13-21-20-12(22(13)18)10-5-24-8-3-1-2-4-9(8)25-10/h1-4,10H,5-7,18H2,(H,19,23)/t10-/m1/s1. The van der Waals surface area contributed by atoms with Gasteiger partial charge in [0.15, 0.2) is 23.4 Å². The lowest BCUT2D eigenvalue weighted by atomic mass is 10.2. The zero-order valence-corrected chi connectivity index (χ0v) is 14.0. The van der Waals surface area contributed by atoms with Crippen LogP contribution in [0.2, 0.25) is 0 Å². The highest BCUT2D eigenvalue weighted by Crippen LogP contribution is 2.35. The number of thioether (sulfide) groups is 1. The zero-order valence-electron chi connectivity index (χ0n) is 13.2. The van der Waals surface area contributed by atoms with E-state index in [4.69, 9.17) is 15.3 Å². The van der Waals surface area contributed by atoms with Crippen molar-refractivity contribution in [3.63, 3.8) is 0 Å². The number of para-hydroxylation sites is 2. The van der Waals surface area contributed by atoms with Crippen molar-refractivity contribution >= 4 is 17.7 Å². The third-order valence-electron chi connectivity index (χ3n) is 3.31. The average Bonchev–Trinajstić information content (AvgIpc) is 2.98. The van der Waals surface area contributed by atoms with Crippen LogP contribution in [-0.4, -0.2) is 45.9 Å². The molecule has 1 aromatic carbocycles. The molecule has 2 heterocycles. The molecule has 1 aliphatic rings. The van der Waals surface area contributed by atoms with Gasteiger partial charge < -0.3 is 20.6 Å². The topological polar surface area (TPSA) is 104 Å². The minimum atomic E-state index is -4.46.